The molecule has 1 heterocycles. The smallest absolute Gasteiger partial charge is 0.201 e. The zero-order chi connectivity index (χ0) is 16.9. The van der Waals surface area contributed by atoms with Crippen molar-refractivity contribution in [2.24, 2.45) is 17.8 Å². The first-order valence-electron chi connectivity index (χ1n) is 8.73. The molecule has 0 N–H and O–H groups in total. The number of nitrogens with zero attached hydrogens (tertiary/aromatic N) is 1. The predicted molar refractivity (Wildman–Crippen MR) is 90.3 cm³/mol. The number of fused-ring (bicyclic) bond motifs is 3. The molecular formula is C20H22NO3. The molecule has 2 aliphatic rings. The van der Waals surface area contributed by atoms with Gasteiger partial charge in [-0.05, 0) is 43.7 Å². The van der Waals surface area contributed by atoms with Crippen molar-refractivity contribution in [3.05, 3.63) is 36.6 Å². The molecule has 1 radical (unpaired) electrons. The van der Waals surface area contributed by atoms with Crippen molar-refractivity contribution < 1.29 is 14.0 Å². The summed E-state index contributed by atoms with van der Waals surface area (Å²) in [6.45, 7) is 3.88. The van der Waals surface area contributed by atoms with Gasteiger partial charge in [0.2, 0.25) is 5.89 Å². The molecule has 2 aromatic rings. The van der Waals surface area contributed by atoms with Gasteiger partial charge in [0.1, 0.15) is 17.1 Å². The van der Waals surface area contributed by atoms with E-state index in [2.05, 4.69) is 11.9 Å². The van der Waals surface area contributed by atoms with Gasteiger partial charge >= 0.3 is 0 Å². The highest BCUT2D eigenvalue weighted by Gasteiger charge is 2.50. The number of Topliss-reactive ketones (excluding diaryl/α,β-unsaturated/α-hetero) is 2. The minimum atomic E-state index is -0.424. The normalized spacial score (nSPS) is 32.9. The summed E-state index contributed by atoms with van der Waals surface area (Å²) in [5.74, 6) is 0.753. The van der Waals surface area contributed by atoms with E-state index in [0.29, 0.717) is 12.3 Å². The van der Waals surface area contributed by atoms with Gasteiger partial charge in [0.05, 0.1) is 5.92 Å². The number of carbonyl (C=O) groups is 2. The van der Waals surface area contributed by atoms with Crippen molar-refractivity contribution in [2.45, 2.75) is 44.9 Å². The average Bonchev–Trinajstić information content (AvgIpc) is 3.02. The summed E-state index contributed by atoms with van der Waals surface area (Å²) < 4.78 is 6.01. The molecule has 2 aliphatic carbocycles. The van der Waals surface area contributed by atoms with Crippen LogP contribution in [0.4, 0.5) is 0 Å². The quantitative estimate of drug-likeness (QED) is 0.804. The van der Waals surface area contributed by atoms with Crippen molar-refractivity contribution in [1.82, 2.24) is 4.98 Å². The van der Waals surface area contributed by atoms with Crippen LogP contribution in [0, 0.1) is 24.2 Å². The summed E-state index contributed by atoms with van der Waals surface area (Å²) in [4.78, 5) is 29.5. The SMILES string of the molecule is C[CH]C(=O)C1C[C@H]2C[C@H](C[C@](C)(c3nc4ccccc4o3)C2)C1=O. The molecule has 1 unspecified atom stereocenters. The van der Waals surface area contributed by atoms with E-state index >= 15 is 0 Å². The van der Waals surface area contributed by atoms with Crippen molar-refractivity contribution >= 4 is 22.7 Å². The first kappa shape index (κ1) is 15.6. The lowest BCUT2D eigenvalue weighted by molar-refractivity contribution is -0.140. The molecule has 2 fully saturated rings. The Hall–Kier alpha value is -1.97. The van der Waals surface area contributed by atoms with Crippen LogP contribution in [-0.4, -0.2) is 16.6 Å². The Balaban J connectivity index is 1.65. The summed E-state index contributed by atoms with van der Waals surface area (Å²) >= 11 is 0. The molecule has 1 aromatic heterocycles. The Morgan fingerprint density at radius 1 is 1.29 bits per heavy atom. The van der Waals surface area contributed by atoms with E-state index in [1.807, 2.05) is 24.3 Å². The van der Waals surface area contributed by atoms with E-state index in [9.17, 15) is 9.59 Å². The molecule has 4 atom stereocenters. The molecule has 24 heavy (non-hydrogen) atoms. The maximum absolute atomic E-state index is 12.7. The number of ketones is 2. The minimum Gasteiger partial charge on any atom is -0.440 e. The number of aromatic nitrogens is 1. The van der Waals surface area contributed by atoms with Crippen molar-refractivity contribution in [2.75, 3.05) is 0 Å². The molecule has 1 aromatic carbocycles. The summed E-state index contributed by atoms with van der Waals surface area (Å²) in [7, 11) is 0. The molecular weight excluding hydrogens is 302 g/mol. The van der Waals surface area contributed by atoms with Gasteiger partial charge in [0, 0.05) is 17.8 Å². The van der Waals surface area contributed by atoms with Crippen LogP contribution >= 0.6 is 0 Å². The highest BCUT2D eigenvalue weighted by molar-refractivity contribution is 6.07. The summed E-state index contributed by atoms with van der Waals surface area (Å²) in [6.07, 6.45) is 4.78. The fourth-order valence-corrected chi connectivity index (χ4v) is 4.73. The van der Waals surface area contributed by atoms with Crippen LogP contribution in [0.1, 0.15) is 45.4 Å². The maximum atomic E-state index is 12.7. The Labute approximate surface area is 141 Å². The van der Waals surface area contributed by atoms with Gasteiger partial charge in [-0.15, -0.1) is 0 Å². The molecule has 4 heteroatoms. The zero-order valence-corrected chi connectivity index (χ0v) is 14.1. The first-order valence-corrected chi connectivity index (χ1v) is 8.73. The molecule has 0 aliphatic heterocycles. The van der Waals surface area contributed by atoms with Crippen LogP contribution in [-0.2, 0) is 15.0 Å². The lowest BCUT2D eigenvalue weighted by Gasteiger charge is -2.45. The van der Waals surface area contributed by atoms with E-state index < -0.39 is 5.92 Å². The topological polar surface area (TPSA) is 60.2 Å². The molecule has 2 bridgehead atoms. The molecule has 0 saturated heterocycles. The number of oxazole rings is 1. The van der Waals surface area contributed by atoms with Crippen LogP contribution in [0.15, 0.2) is 28.7 Å². The lowest BCUT2D eigenvalue weighted by Crippen LogP contribution is -2.46. The lowest BCUT2D eigenvalue weighted by atomic mass is 9.58. The highest BCUT2D eigenvalue weighted by Crippen LogP contribution is 2.50. The van der Waals surface area contributed by atoms with Gasteiger partial charge in [-0.3, -0.25) is 9.59 Å². The minimum absolute atomic E-state index is 0.0137. The number of carbonyl (C=O) groups excluding carboxylic acids is 2. The van der Waals surface area contributed by atoms with Crippen molar-refractivity contribution in [1.29, 1.82) is 0 Å². The third-order valence-electron chi connectivity index (χ3n) is 5.81. The second-order valence-corrected chi connectivity index (χ2v) is 7.64. The number of hydrogen-bond acceptors (Lipinski definition) is 4. The van der Waals surface area contributed by atoms with E-state index in [0.717, 1.165) is 36.3 Å². The van der Waals surface area contributed by atoms with Gasteiger partial charge in [-0.25, -0.2) is 4.98 Å². The fraction of sp³-hybridized carbons (Fsp3) is 0.500. The number of para-hydroxylation sites is 2. The summed E-state index contributed by atoms with van der Waals surface area (Å²) in [5, 5.41) is 0. The van der Waals surface area contributed by atoms with Gasteiger partial charge in [0.25, 0.3) is 0 Å². The predicted octanol–water partition coefficient (Wildman–Crippen LogP) is 3.88. The van der Waals surface area contributed by atoms with Gasteiger partial charge in [-0.1, -0.05) is 26.0 Å². The molecule has 0 amide bonds. The Bertz CT molecular complexity index is 775. The van der Waals surface area contributed by atoms with Crippen molar-refractivity contribution in [3.63, 3.8) is 0 Å². The third kappa shape index (κ3) is 2.40. The Morgan fingerprint density at radius 2 is 2.08 bits per heavy atom. The third-order valence-corrected chi connectivity index (χ3v) is 5.81. The second-order valence-electron chi connectivity index (χ2n) is 7.64. The zero-order valence-electron chi connectivity index (χ0n) is 14.1. The largest absolute Gasteiger partial charge is 0.440 e. The Morgan fingerprint density at radius 3 is 2.83 bits per heavy atom. The van der Waals surface area contributed by atoms with E-state index in [1.54, 1.807) is 13.3 Å². The van der Waals surface area contributed by atoms with Gasteiger partial charge in [0.15, 0.2) is 5.58 Å². The molecule has 125 valence electrons. The number of rotatable bonds is 3. The fourth-order valence-electron chi connectivity index (χ4n) is 4.73. The summed E-state index contributed by atoms with van der Waals surface area (Å²) in [5.41, 5.74) is 1.43. The number of benzene rings is 1. The van der Waals surface area contributed by atoms with Crippen LogP contribution in [0.25, 0.3) is 11.1 Å². The molecule has 4 nitrogen and oxygen atoms in total. The maximum Gasteiger partial charge on any atom is 0.201 e. The Kier molecular flexibility index (Phi) is 3.59. The van der Waals surface area contributed by atoms with E-state index in [4.69, 9.17) is 4.42 Å². The van der Waals surface area contributed by atoms with Crippen molar-refractivity contribution in [3.8, 4) is 0 Å². The van der Waals surface area contributed by atoms with E-state index in [1.165, 1.54) is 0 Å². The van der Waals surface area contributed by atoms with Crippen LogP contribution in [0.3, 0.4) is 0 Å². The molecule has 0 spiro atoms. The van der Waals surface area contributed by atoms with Crippen LogP contribution in [0.5, 0.6) is 0 Å². The van der Waals surface area contributed by atoms with E-state index in [-0.39, 0.29) is 22.9 Å². The molecule has 4 rings (SSSR count). The molecule has 2 saturated carbocycles. The van der Waals surface area contributed by atoms with Gasteiger partial charge in [-0.2, -0.15) is 0 Å². The summed E-state index contributed by atoms with van der Waals surface area (Å²) in [6, 6.07) is 7.77. The first-order chi connectivity index (χ1) is 11.5. The van der Waals surface area contributed by atoms with Crippen LogP contribution < -0.4 is 0 Å². The second kappa shape index (κ2) is 5.54. The highest BCUT2D eigenvalue weighted by atomic mass is 16.3. The monoisotopic (exact) mass is 324 g/mol. The standard InChI is InChI=1S/C20H22NO3/c1-3-16(22)14-9-12-8-13(18(14)23)11-20(2,10-12)19-21-15-6-4-5-7-17(15)24-19/h3-7,12-14H,8-11H2,1-2H3/t12-,13-,14?,20-/m1/s1. The number of hydrogen-bond donors (Lipinski definition) is 0. The van der Waals surface area contributed by atoms with Crippen LogP contribution in [0.2, 0.25) is 0 Å². The average molecular weight is 324 g/mol. The van der Waals surface area contributed by atoms with Gasteiger partial charge < -0.3 is 4.42 Å².